The number of anilines is 1. The lowest BCUT2D eigenvalue weighted by molar-refractivity contribution is 0.315. The maximum absolute atomic E-state index is 5.90. The first-order valence-corrected chi connectivity index (χ1v) is 5.12. The number of hydrogen-bond donors (Lipinski definition) is 1. The molecule has 1 aromatic carbocycles. The molecule has 1 heterocycles. The van der Waals surface area contributed by atoms with Crippen LogP contribution in [-0.4, -0.2) is 18.7 Å². The molecule has 4 heteroatoms. The fourth-order valence-corrected chi connectivity index (χ4v) is 1.67. The van der Waals surface area contributed by atoms with E-state index in [-0.39, 0.29) is 0 Å². The topological polar surface area (TPSA) is 57.4 Å². The number of aromatic nitrogens is 1. The van der Waals surface area contributed by atoms with Gasteiger partial charge >= 0.3 is 0 Å². The SMILES string of the molecule is CCOc1c(OC)cc(N)c2ncccc12. The molecule has 0 aliphatic heterocycles. The number of methoxy groups -OCH3 is 1. The van der Waals surface area contributed by atoms with Gasteiger partial charge in [0.1, 0.15) is 0 Å². The van der Waals surface area contributed by atoms with Crippen molar-refractivity contribution in [3.05, 3.63) is 24.4 Å². The summed E-state index contributed by atoms with van der Waals surface area (Å²) >= 11 is 0. The molecule has 2 rings (SSSR count). The Kier molecular flexibility index (Phi) is 2.81. The molecule has 0 saturated heterocycles. The maximum atomic E-state index is 5.90. The molecule has 2 N–H and O–H groups in total. The Labute approximate surface area is 94.0 Å². The van der Waals surface area contributed by atoms with Crippen molar-refractivity contribution in [3.8, 4) is 11.5 Å². The summed E-state index contributed by atoms with van der Waals surface area (Å²) in [4.78, 5) is 4.24. The smallest absolute Gasteiger partial charge is 0.170 e. The van der Waals surface area contributed by atoms with Crippen LogP contribution >= 0.6 is 0 Å². The third-order valence-electron chi connectivity index (χ3n) is 2.34. The van der Waals surface area contributed by atoms with E-state index < -0.39 is 0 Å². The summed E-state index contributed by atoms with van der Waals surface area (Å²) in [5.74, 6) is 1.34. The number of ether oxygens (including phenoxy) is 2. The van der Waals surface area contributed by atoms with Crippen LogP contribution < -0.4 is 15.2 Å². The molecule has 0 spiro atoms. The van der Waals surface area contributed by atoms with E-state index in [1.165, 1.54) is 0 Å². The Morgan fingerprint density at radius 1 is 1.44 bits per heavy atom. The van der Waals surface area contributed by atoms with Gasteiger partial charge in [-0.2, -0.15) is 0 Å². The summed E-state index contributed by atoms with van der Waals surface area (Å²) in [5.41, 5.74) is 7.24. The van der Waals surface area contributed by atoms with Crippen LogP contribution in [0.1, 0.15) is 6.92 Å². The average Bonchev–Trinajstić information content (AvgIpc) is 2.33. The second-order valence-corrected chi connectivity index (χ2v) is 3.33. The zero-order chi connectivity index (χ0) is 11.5. The number of pyridine rings is 1. The second-order valence-electron chi connectivity index (χ2n) is 3.33. The highest BCUT2D eigenvalue weighted by molar-refractivity contribution is 5.96. The standard InChI is InChI=1S/C12H14N2O2/c1-3-16-12-8-5-4-6-14-11(8)9(13)7-10(12)15-2/h4-7H,3,13H2,1-2H3. The molecule has 0 bridgehead atoms. The van der Waals surface area contributed by atoms with Gasteiger partial charge in [0.2, 0.25) is 0 Å². The average molecular weight is 218 g/mol. The van der Waals surface area contributed by atoms with E-state index in [1.807, 2.05) is 19.1 Å². The van der Waals surface area contributed by atoms with E-state index in [4.69, 9.17) is 15.2 Å². The normalized spacial score (nSPS) is 10.4. The van der Waals surface area contributed by atoms with Gasteiger partial charge in [0.05, 0.1) is 24.9 Å². The van der Waals surface area contributed by atoms with E-state index in [0.29, 0.717) is 23.8 Å². The van der Waals surface area contributed by atoms with E-state index in [0.717, 1.165) is 10.9 Å². The van der Waals surface area contributed by atoms with Crippen molar-refractivity contribution in [2.24, 2.45) is 0 Å². The number of nitrogens with two attached hydrogens (primary N) is 1. The molecule has 0 amide bonds. The third-order valence-corrected chi connectivity index (χ3v) is 2.34. The number of nitrogen functional groups attached to an aromatic ring is 1. The van der Waals surface area contributed by atoms with Crippen LogP contribution in [0.15, 0.2) is 24.4 Å². The van der Waals surface area contributed by atoms with Gasteiger partial charge in [-0.25, -0.2) is 0 Å². The Bertz CT molecular complexity index is 512. The van der Waals surface area contributed by atoms with Gasteiger partial charge in [0.25, 0.3) is 0 Å². The minimum atomic E-state index is 0.574. The van der Waals surface area contributed by atoms with E-state index in [2.05, 4.69) is 4.98 Å². The minimum Gasteiger partial charge on any atom is -0.493 e. The first-order valence-electron chi connectivity index (χ1n) is 5.12. The third kappa shape index (κ3) is 1.62. The Morgan fingerprint density at radius 2 is 2.25 bits per heavy atom. The second kappa shape index (κ2) is 4.26. The Balaban J connectivity index is 2.76. The number of fused-ring (bicyclic) bond motifs is 1. The van der Waals surface area contributed by atoms with E-state index in [9.17, 15) is 0 Å². The molecule has 0 radical (unpaired) electrons. The molecule has 16 heavy (non-hydrogen) atoms. The van der Waals surface area contributed by atoms with Crippen molar-refractivity contribution in [1.82, 2.24) is 4.98 Å². The monoisotopic (exact) mass is 218 g/mol. The summed E-state index contributed by atoms with van der Waals surface area (Å²) in [6.07, 6.45) is 1.71. The highest BCUT2D eigenvalue weighted by atomic mass is 16.5. The highest BCUT2D eigenvalue weighted by Gasteiger charge is 2.12. The number of nitrogens with zero attached hydrogens (tertiary/aromatic N) is 1. The Morgan fingerprint density at radius 3 is 2.94 bits per heavy atom. The van der Waals surface area contributed by atoms with Crippen molar-refractivity contribution >= 4 is 16.6 Å². The molecular formula is C12H14N2O2. The molecule has 0 unspecified atom stereocenters. The Hall–Kier alpha value is -1.97. The van der Waals surface area contributed by atoms with Crippen molar-refractivity contribution in [1.29, 1.82) is 0 Å². The molecule has 1 aromatic heterocycles. The predicted molar refractivity (Wildman–Crippen MR) is 63.9 cm³/mol. The van der Waals surface area contributed by atoms with Crippen LogP contribution in [0, 0.1) is 0 Å². The van der Waals surface area contributed by atoms with Gasteiger partial charge in [-0.3, -0.25) is 4.98 Å². The summed E-state index contributed by atoms with van der Waals surface area (Å²) in [5, 5.41) is 0.876. The largest absolute Gasteiger partial charge is 0.493 e. The highest BCUT2D eigenvalue weighted by Crippen LogP contribution is 2.38. The lowest BCUT2D eigenvalue weighted by Crippen LogP contribution is -1.99. The molecule has 4 nitrogen and oxygen atoms in total. The van der Waals surface area contributed by atoms with Gasteiger partial charge in [-0.1, -0.05) is 0 Å². The lowest BCUT2D eigenvalue weighted by atomic mass is 10.1. The molecular weight excluding hydrogens is 204 g/mol. The minimum absolute atomic E-state index is 0.574. The summed E-state index contributed by atoms with van der Waals surface area (Å²) < 4.78 is 10.8. The van der Waals surface area contributed by atoms with Gasteiger partial charge < -0.3 is 15.2 Å². The van der Waals surface area contributed by atoms with Crippen LogP contribution in [-0.2, 0) is 0 Å². The zero-order valence-corrected chi connectivity index (χ0v) is 9.36. The van der Waals surface area contributed by atoms with Crippen LogP contribution in [0.25, 0.3) is 10.9 Å². The van der Waals surface area contributed by atoms with Crippen molar-refractivity contribution in [2.45, 2.75) is 6.92 Å². The van der Waals surface area contributed by atoms with Crippen LogP contribution in [0.4, 0.5) is 5.69 Å². The molecule has 2 aromatic rings. The van der Waals surface area contributed by atoms with Gasteiger partial charge in [0, 0.05) is 17.6 Å². The number of hydrogen-bond acceptors (Lipinski definition) is 4. The van der Waals surface area contributed by atoms with Crippen molar-refractivity contribution in [3.63, 3.8) is 0 Å². The molecule has 0 saturated carbocycles. The maximum Gasteiger partial charge on any atom is 0.170 e. The quantitative estimate of drug-likeness (QED) is 0.802. The van der Waals surface area contributed by atoms with Crippen LogP contribution in [0.5, 0.6) is 11.5 Å². The molecule has 0 aliphatic carbocycles. The fraction of sp³-hybridized carbons (Fsp3) is 0.250. The van der Waals surface area contributed by atoms with Crippen molar-refractivity contribution in [2.75, 3.05) is 19.5 Å². The first-order chi connectivity index (χ1) is 7.77. The predicted octanol–water partition coefficient (Wildman–Crippen LogP) is 2.22. The summed E-state index contributed by atoms with van der Waals surface area (Å²) in [6.45, 7) is 2.50. The van der Waals surface area contributed by atoms with Gasteiger partial charge in [0.15, 0.2) is 11.5 Å². The van der Waals surface area contributed by atoms with Gasteiger partial charge in [-0.15, -0.1) is 0 Å². The van der Waals surface area contributed by atoms with E-state index in [1.54, 1.807) is 19.4 Å². The lowest BCUT2D eigenvalue weighted by Gasteiger charge is -2.13. The molecule has 0 aliphatic rings. The number of rotatable bonds is 3. The summed E-state index contributed by atoms with van der Waals surface area (Å²) in [7, 11) is 1.60. The molecule has 0 atom stereocenters. The zero-order valence-electron chi connectivity index (χ0n) is 9.36. The van der Waals surface area contributed by atoms with E-state index >= 15 is 0 Å². The fourth-order valence-electron chi connectivity index (χ4n) is 1.67. The summed E-state index contributed by atoms with van der Waals surface area (Å²) in [6, 6.07) is 5.51. The van der Waals surface area contributed by atoms with Gasteiger partial charge in [-0.05, 0) is 19.1 Å². The van der Waals surface area contributed by atoms with Crippen LogP contribution in [0.3, 0.4) is 0 Å². The first kappa shape index (κ1) is 10.5. The van der Waals surface area contributed by atoms with Crippen LogP contribution in [0.2, 0.25) is 0 Å². The number of benzene rings is 1. The van der Waals surface area contributed by atoms with Crippen molar-refractivity contribution < 1.29 is 9.47 Å². The molecule has 0 fully saturated rings. The molecule has 84 valence electrons.